The minimum Gasteiger partial charge on any atom is -0.493 e. The molecule has 0 radical (unpaired) electrons. The van der Waals surface area contributed by atoms with E-state index in [0.717, 1.165) is 31.2 Å². The third-order valence-corrected chi connectivity index (χ3v) is 3.95. The molecule has 0 bridgehead atoms. The molecule has 1 aromatic carbocycles. The molecule has 0 aliphatic heterocycles. The summed E-state index contributed by atoms with van der Waals surface area (Å²) in [6, 6.07) is 6.73. The van der Waals surface area contributed by atoms with Crippen LogP contribution in [0.2, 0.25) is 0 Å². The van der Waals surface area contributed by atoms with Crippen LogP contribution in [0.1, 0.15) is 31.2 Å². The molecular weight excluding hydrogens is 243 g/mol. The molecule has 0 spiro atoms. The minimum atomic E-state index is -0.708. The van der Waals surface area contributed by atoms with Gasteiger partial charge in [0.15, 0.2) is 0 Å². The molecule has 0 saturated heterocycles. The van der Waals surface area contributed by atoms with Crippen LogP contribution < -0.4 is 10.5 Å². The fourth-order valence-electron chi connectivity index (χ4n) is 2.69. The molecule has 4 heteroatoms. The van der Waals surface area contributed by atoms with E-state index in [4.69, 9.17) is 15.7 Å². The van der Waals surface area contributed by atoms with Crippen LogP contribution >= 0.6 is 0 Å². The molecule has 2 atom stereocenters. The first kappa shape index (κ1) is 13.8. The van der Waals surface area contributed by atoms with E-state index in [-0.39, 0.29) is 11.7 Å². The monoisotopic (exact) mass is 262 g/mol. The first-order valence-corrected chi connectivity index (χ1v) is 6.64. The summed E-state index contributed by atoms with van der Waals surface area (Å²) in [6.45, 7) is 2.35. The quantitative estimate of drug-likeness (QED) is 0.907. The lowest BCUT2D eigenvalue weighted by Gasteiger charge is -2.23. The summed E-state index contributed by atoms with van der Waals surface area (Å²) < 4.78 is 18.7. The highest BCUT2D eigenvalue weighted by molar-refractivity contribution is 5.32. The van der Waals surface area contributed by atoms with E-state index in [0.29, 0.717) is 12.4 Å². The van der Waals surface area contributed by atoms with Crippen LogP contribution in [0.25, 0.3) is 0 Å². The second-order valence-electron chi connectivity index (χ2n) is 5.29. The van der Waals surface area contributed by atoms with Gasteiger partial charge in [-0.25, -0.2) is 4.39 Å². The summed E-state index contributed by atoms with van der Waals surface area (Å²) in [5.74, 6) is 0.440. The summed E-state index contributed by atoms with van der Waals surface area (Å²) in [6.07, 6.45) is 3.45. The van der Waals surface area contributed by atoms with E-state index in [1.165, 1.54) is 12.1 Å². The van der Waals surface area contributed by atoms with Crippen LogP contribution in [0.5, 0.6) is 5.75 Å². The Kier molecular flexibility index (Phi) is 4.06. The van der Waals surface area contributed by atoms with Gasteiger partial charge in [-0.3, -0.25) is 0 Å². The summed E-state index contributed by atoms with van der Waals surface area (Å²) in [7, 11) is 0. The number of rotatable bonds is 4. The molecule has 0 aromatic heterocycles. The summed E-state index contributed by atoms with van der Waals surface area (Å²) in [4.78, 5) is 0. The first-order valence-electron chi connectivity index (χ1n) is 6.64. The van der Waals surface area contributed by atoms with Crippen molar-refractivity contribution in [2.75, 3.05) is 6.61 Å². The second-order valence-corrected chi connectivity index (χ2v) is 5.29. The largest absolute Gasteiger partial charge is 0.493 e. The lowest BCUT2D eigenvalue weighted by Crippen LogP contribution is -2.42. The molecule has 1 saturated carbocycles. The molecule has 2 N–H and O–H groups in total. The number of nitriles is 1. The highest BCUT2D eigenvalue weighted by Gasteiger charge is 2.39. The van der Waals surface area contributed by atoms with Gasteiger partial charge in [-0.1, -0.05) is 12.5 Å². The van der Waals surface area contributed by atoms with Crippen molar-refractivity contribution in [2.45, 2.75) is 38.1 Å². The Labute approximate surface area is 113 Å². The van der Waals surface area contributed by atoms with Crippen molar-refractivity contribution >= 4 is 0 Å². The maximum Gasteiger partial charge on any atom is 0.126 e. The van der Waals surface area contributed by atoms with Crippen molar-refractivity contribution in [2.24, 2.45) is 11.7 Å². The predicted molar refractivity (Wildman–Crippen MR) is 71.1 cm³/mol. The van der Waals surface area contributed by atoms with Crippen LogP contribution in [0.15, 0.2) is 18.2 Å². The van der Waals surface area contributed by atoms with Gasteiger partial charge in [-0.05, 0) is 43.7 Å². The van der Waals surface area contributed by atoms with Gasteiger partial charge < -0.3 is 10.5 Å². The Balaban J connectivity index is 1.90. The third-order valence-electron chi connectivity index (χ3n) is 3.95. The summed E-state index contributed by atoms with van der Waals surface area (Å²) in [5, 5.41) is 9.13. The van der Waals surface area contributed by atoms with Crippen LogP contribution in [0.3, 0.4) is 0 Å². The molecule has 2 unspecified atom stereocenters. The Morgan fingerprint density at radius 1 is 1.58 bits per heavy atom. The molecule has 1 aliphatic carbocycles. The average molecular weight is 262 g/mol. The first-order chi connectivity index (χ1) is 9.05. The molecule has 3 nitrogen and oxygen atoms in total. The number of nitrogens with two attached hydrogens (primary N) is 1. The van der Waals surface area contributed by atoms with Gasteiger partial charge in [0.2, 0.25) is 0 Å². The number of hydrogen-bond acceptors (Lipinski definition) is 3. The van der Waals surface area contributed by atoms with Gasteiger partial charge in [0.25, 0.3) is 0 Å². The Bertz CT molecular complexity index is 497. The van der Waals surface area contributed by atoms with Crippen molar-refractivity contribution in [1.82, 2.24) is 0 Å². The maximum absolute atomic E-state index is 13.1. The lowest BCUT2D eigenvalue weighted by molar-refractivity contribution is 0.253. The maximum atomic E-state index is 13.1. The molecule has 2 rings (SSSR count). The zero-order chi connectivity index (χ0) is 13.9. The second kappa shape index (κ2) is 5.58. The van der Waals surface area contributed by atoms with E-state index in [1.807, 2.05) is 6.92 Å². The van der Waals surface area contributed by atoms with E-state index in [2.05, 4.69) is 6.07 Å². The summed E-state index contributed by atoms with van der Waals surface area (Å²) in [5.41, 5.74) is 6.26. The SMILES string of the molecule is Cc1ccc(F)cc1OCCC1CCCC1(N)C#N. The Morgan fingerprint density at radius 3 is 3.11 bits per heavy atom. The number of nitrogens with zero attached hydrogens (tertiary/aromatic N) is 1. The smallest absolute Gasteiger partial charge is 0.126 e. The van der Waals surface area contributed by atoms with Crippen LogP contribution in [0, 0.1) is 30.0 Å². The molecule has 19 heavy (non-hydrogen) atoms. The average Bonchev–Trinajstić information content (AvgIpc) is 2.76. The minimum absolute atomic E-state index is 0.173. The van der Waals surface area contributed by atoms with E-state index in [1.54, 1.807) is 6.07 Å². The number of ether oxygens (including phenoxy) is 1. The Morgan fingerprint density at radius 2 is 2.37 bits per heavy atom. The van der Waals surface area contributed by atoms with Gasteiger partial charge in [0.05, 0.1) is 12.7 Å². The Hall–Kier alpha value is -1.60. The highest BCUT2D eigenvalue weighted by Crippen LogP contribution is 2.35. The van der Waals surface area contributed by atoms with E-state index < -0.39 is 5.54 Å². The molecule has 1 aliphatic rings. The van der Waals surface area contributed by atoms with Crippen molar-refractivity contribution in [3.8, 4) is 11.8 Å². The molecule has 0 amide bonds. The lowest BCUT2D eigenvalue weighted by atomic mass is 9.87. The fraction of sp³-hybridized carbons (Fsp3) is 0.533. The van der Waals surface area contributed by atoms with Gasteiger partial charge >= 0.3 is 0 Å². The zero-order valence-corrected chi connectivity index (χ0v) is 11.2. The summed E-state index contributed by atoms with van der Waals surface area (Å²) >= 11 is 0. The zero-order valence-electron chi connectivity index (χ0n) is 11.2. The van der Waals surface area contributed by atoms with Crippen LogP contribution in [0.4, 0.5) is 4.39 Å². The van der Waals surface area contributed by atoms with Gasteiger partial charge in [-0.15, -0.1) is 0 Å². The van der Waals surface area contributed by atoms with E-state index in [9.17, 15) is 4.39 Å². The van der Waals surface area contributed by atoms with Crippen molar-refractivity contribution in [3.63, 3.8) is 0 Å². The molecule has 102 valence electrons. The van der Waals surface area contributed by atoms with Gasteiger partial charge in [-0.2, -0.15) is 5.26 Å². The molecular formula is C15H19FN2O. The van der Waals surface area contributed by atoms with Crippen LogP contribution in [-0.2, 0) is 0 Å². The molecule has 0 heterocycles. The molecule has 1 fully saturated rings. The normalized spacial score (nSPS) is 26.1. The highest BCUT2D eigenvalue weighted by atomic mass is 19.1. The van der Waals surface area contributed by atoms with Crippen LogP contribution in [-0.4, -0.2) is 12.1 Å². The van der Waals surface area contributed by atoms with Crippen molar-refractivity contribution in [1.29, 1.82) is 5.26 Å². The van der Waals surface area contributed by atoms with Crippen molar-refractivity contribution in [3.05, 3.63) is 29.6 Å². The topological polar surface area (TPSA) is 59.0 Å². The van der Waals surface area contributed by atoms with Gasteiger partial charge in [0, 0.05) is 6.07 Å². The number of aryl methyl sites for hydroxylation is 1. The third kappa shape index (κ3) is 3.05. The number of benzene rings is 1. The number of hydrogen-bond donors (Lipinski definition) is 1. The predicted octanol–water partition coefficient (Wildman–Crippen LogP) is 2.92. The fourth-order valence-corrected chi connectivity index (χ4v) is 2.69. The van der Waals surface area contributed by atoms with Gasteiger partial charge in [0.1, 0.15) is 17.1 Å². The van der Waals surface area contributed by atoms with E-state index >= 15 is 0 Å². The standard InChI is InChI=1S/C15H19FN2O/c1-11-4-5-13(16)9-14(11)19-8-6-12-3-2-7-15(12,18)10-17/h4-5,9,12H,2-3,6-8,18H2,1H3. The number of halogens is 1. The molecule has 1 aromatic rings. The van der Waals surface area contributed by atoms with Crippen molar-refractivity contribution < 1.29 is 9.13 Å².